The average Bonchev–Trinajstić information content (AvgIpc) is 2.54. The minimum absolute atomic E-state index is 0.0463. The number of anilines is 2. The van der Waals surface area contributed by atoms with Gasteiger partial charge < -0.3 is 31.1 Å². The lowest BCUT2D eigenvalue weighted by Gasteiger charge is -2.10. The summed E-state index contributed by atoms with van der Waals surface area (Å²) in [6.45, 7) is 1.30. The first-order valence-electron chi connectivity index (χ1n) is 7.11. The molecule has 27 heavy (non-hydrogen) atoms. The number of rotatable bonds is 2. The summed E-state index contributed by atoms with van der Waals surface area (Å²) in [6.07, 6.45) is -5.07. The van der Waals surface area contributed by atoms with E-state index in [2.05, 4.69) is 5.32 Å². The molecule has 2 rings (SSSR count). The van der Waals surface area contributed by atoms with Crippen molar-refractivity contribution in [1.82, 2.24) is 0 Å². The Morgan fingerprint density at radius 2 is 1.11 bits per heavy atom. The zero-order valence-corrected chi connectivity index (χ0v) is 13.7. The van der Waals surface area contributed by atoms with E-state index in [1.165, 1.54) is 36.5 Å². The van der Waals surface area contributed by atoms with Gasteiger partial charge in [0.25, 0.3) is 0 Å². The Labute approximate surface area is 150 Å². The fourth-order valence-electron chi connectivity index (χ4n) is 1.67. The van der Waals surface area contributed by atoms with Crippen molar-refractivity contribution in [2.24, 2.45) is 0 Å². The zero-order valence-electron chi connectivity index (χ0n) is 13.7. The Morgan fingerprint density at radius 1 is 0.778 bits per heavy atom. The van der Waals surface area contributed by atoms with Gasteiger partial charge in [0.2, 0.25) is 5.91 Å². The first-order valence-corrected chi connectivity index (χ1v) is 7.11. The summed E-state index contributed by atoms with van der Waals surface area (Å²) in [5.41, 5.74) is -0.621. The third-order valence-electron chi connectivity index (χ3n) is 2.84. The molecule has 0 fully saturated rings. The molecule has 0 spiro atoms. The molecule has 2 aromatic carbocycles. The summed E-state index contributed by atoms with van der Waals surface area (Å²) in [5, 5.41) is 40.1. The topological polar surface area (TPSA) is 139 Å². The van der Waals surface area contributed by atoms with E-state index in [0.717, 1.165) is 12.1 Å². The monoisotopic (exact) mass is 388 g/mol. The highest BCUT2D eigenvalue weighted by atomic mass is 19.4. The first-order chi connectivity index (χ1) is 12.4. The highest BCUT2D eigenvalue weighted by molar-refractivity contribution is 5.97. The molecule has 0 radical (unpaired) electrons. The molecule has 0 aliphatic rings. The van der Waals surface area contributed by atoms with Crippen molar-refractivity contribution >= 4 is 23.2 Å². The molecule has 0 saturated heterocycles. The number of benzene rings is 2. The lowest BCUT2D eigenvalue weighted by Crippen LogP contribution is -2.29. The summed E-state index contributed by atoms with van der Waals surface area (Å²) in [7, 11) is 0. The Kier molecular flexibility index (Phi) is 6.86. The van der Waals surface area contributed by atoms with Crippen LogP contribution in [0.4, 0.5) is 24.5 Å². The molecule has 0 aromatic heterocycles. The van der Waals surface area contributed by atoms with Gasteiger partial charge >= 0.3 is 12.1 Å². The maximum atomic E-state index is 11.8. The molecule has 2 aromatic rings. The second-order valence-corrected chi connectivity index (χ2v) is 4.98. The highest BCUT2D eigenvalue weighted by Gasteiger charge is 2.39. The van der Waals surface area contributed by atoms with Crippen LogP contribution in [0, 0.1) is 0 Å². The van der Waals surface area contributed by atoms with Crippen molar-refractivity contribution in [3.63, 3.8) is 0 Å². The molecule has 0 bridgehead atoms. The van der Waals surface area contributed by atoms with E-state index in [9.17, 15) is 22.8 Å². The van der Waals surface area contributed by atoms with Crippen LogP contribution in [0.5, 0.6) is 23.0 Å². The SMILES string of the molecule is CC(=O)Nc1c(O)cccc1O.O=C(Nc1c(O)cccc1O)C(F)(F)F. The number of hydrogen-bond donors (Lipinski definition) is 6. The second kappa shape index (κ2) is 8.65. The van der Waals surface area contributed by atoms with Crippen molar-refractivity contribution in [1.29, 1.82) is 0 Å². The molecular weight excluding hydrogens is 373 g/mol. The van der Waals surface area contributed by atoms with E-state index in [-0.39, 0.29) is 23.1 Å². The number of alkyl halides is 3. The zero-order chi connectivity index (χ0) is 20.8. The first kappa shape index (κ1) is 21.4. The van der Waals surface area contributed by atoms with E-state index in [0.29, 0.717) is 0 Å². The average molecular weight is 388 g/mol. The van der Waals surface area contributed by atoms with Gasteiger partial charge in [-0.25, -0.2) is 0 Å². The maximum Gasteiger partial charge on any atom is 0.471 e. The molecule has 0 aliphatic heterocycles. The van der Waals surface area contributed by atoms with Crippen LogP contribution in [-0.2, 0) is 9.59 Å². The van der Waals surface area contributed by atoms with Gasteiger partial charge in [0.05, 0.1) is 0 Å². The largest absolute Gasteiger partial charge is 0.506 e. The third-order valence-corrected chi connectivity index (χ3v) is 2.84. The van der Waals surface area contributed by atoms with Crippen molar-refractivity contribution in [3.8, 4) is 23.0 Å². The minimum Gasteiger partial charge on any atom is -0.506 e. The Hall–Kier alpha value is -3.63. The lowest BCUT2D eigenvalue weighted by atomic mass is 10.2. The van der Waals surface area contributed by atoms with Gasteiger partial charge in [-0.3, -0.25) is 9.59 Å². The van der Waals surface area contributed by atoms with Crippen molar-refractivity contribution in [2.75, 3.05) is 10.6 Å². The van der Waals surface area contributed by atoms with Crippen LogP contribution < -0.4 is 10.6 Å². The van der Waals surface area contributed by atoms with Crippen molar-refractivity contribution in [3.05, 3.63) is 36.4 Å². The van der Waals surface area contributed by atoms with Crippen LogP contribution in [0.3, 0.4) is 0 Å². The number of carbonyl (C=O) groups is 2. The van der Waals surface area contributed by atoms with Crippen LogP contribution >= 0.6 is 0 Å². The maximum absolute atomic E-state index is 11.8. The molecule has 0 unspecified atom stereocenters. The number of halogens is 3. The molecule has 0 saturated carbocycles. The van der Waals surface area contributed by atoms with Crippen LogP contribution in [0.1, 0.15) is 6.92 Å². The number of para-hydroxylation sites is 2. The molecule has 0 heterocycles. The number of phenolic OH excluding ortho intramolecular Hbond substituents is 4. The Morgan fingerprint density at radius 3 is 1.41 bits per heavy atom. The summed E-state index contributed by atoms with van der Waals surface area (Å²) >= 11 is 0. The fraction of sp³-hybridized carbons (Fsp3) is 0.125. The van der Waals surface area contributed by atoms with Gasteiger partial charge in [-0.1, -0.05) is 12.1 Å². The highest BCUT2D eigenvalue weighted by Crippen LogP contribution is 2.33. The molecule has 0 aliphatic carbocycles. The molecule has 8 nitrogen and oxygen atoms in total. The normalized spacial score (nSPS) is 10.4. The smallest absolute Gasteiger partial charge is 0.471 e. The molecule has 6 N–H and O–H groups in total. The van der Waals surface area contributed by atoms with Gasteiger partial charge in [0, 0.05) is 6.92 Å². The predicted molar refractivity (Wildman–Crippen MR) is 88.5 cm³/mol. The van der Waals surface area contributed by atoms with E-state index in [4.69, 9.17) is 20.4 Å². The van der Waals surface area contributed by atoms with Crippen LogP contribution in [0.2, 0.25) is 0 Å². The van der Waals surface area contributed by atoms with Gasteiger partial charge in [-0.15, -0.1) is 0 Å². The quantitative estimate of drug-likeness (QED) is 0.437. The molecule has 11 heteroatoms. The summed E-state index contributed by atoms with van der Waals surface area (Å²) in [4.78, 5) is 21.1. The Balaban J connectivity index is 0.000000277. The van der Waals surface area contributed by atoms with Crippen LogP contribution in [0.25, 0.3) is 0 Å². The molecular formula is C16H15F3N2O6. The van der Waals surface area contributed by atoms with E-state index >= 15 is 0 Å². The minimum atomic E-state index is -5.07. The summed E-state index contributed by atoms with van der Waals surface area (Å²) in [6, 6.07) is 7.53. The number of aromatic hydroxyl groups is 4. The second-order valence-electron chi connectivity index (χ2n) is 4.98. The summed E-state index contributed by atoms with van der Waals surface area (Å²) in [5.74, 6) is -4.19. The molecule has 2 amide bonds. The van der Waals surface area contributed by atoms with E-state index in [1.54, 1.807) is 0 Å². The number of hydrogen-bond acceptors (Lipinski definition) is 6. The molecule has 0 atom stereocenters. The van der Waals surface area contributed by atoms with Crippen LogP contribution in [-0.4, -0.2) is 38.4 Å². The van der Waals surface area contributed by atoms with Gasteiger partial charge in [0.1, 0.15) is 34.4 Å². The lowest BCUT2D eigenvalue weighted by molar-refractivity contribution is -0.167. The number of amides is 2. The summed E-state index contributed by atoms with van der Waals surface area (Å²) < 4.78 is 35.5. The number of phenols is 4. The van der Waals surface area contributed by atoms with Gasteiger partial charge in [-0.05, 0) is 24.3 Å². The molecule has 146 valence electrons. The van der Waals surface area contributed by atoms with Gasteiger partial charge in [-0.2, -0.15) is 13.2 Å². The van der Waals surface area contributed by atoms with E-state index < -0.39 is 29.3 Å². The third kappa shape index (κ3) is 6.30. The van der Waals surface area contributed by atoms with Crippen molar-refractivity contribution < 1.29 is 43.2 Å². The van der Waals surface area contributed by atoms with Gasteiger partial charge in [0.15, 0.2) is 0 Å². The number of carbonyl (C=O) groups excluding carboxylic acids is 2. The van der Waals surface area contributed by atoms with Crippen molar-refractivity contribution in [2.45, 2.75) is 13.1 Å². The number of nitrogens with one attached hydrogen (secondary N) is 2. The van der Waals surface area contributed by atoms with E-state index in [1.807, 2.05) is 0 Å². The Bertz CT molecular complexity index is 799. The predicted octanol–water partition coefficient (Wildman–Crippen LogP) is 2.65. The standard InChI is InChI=1S/C8H6F3NO3.C8H9NO3/c9-8(10,11)7(15)12-6-4(13)2-1-3-5(6)14;1-5(10)9-8-6(11)3-2-4-7(8)12/h1-3,13-14H,(H,12,15);2-4,11-12H,1H3,(H,9,10). The van der Waals surface area contributed by atoms with Crippen LogP contribution in [0.15, 0.2) is 36.4 Å². The fourth-order valence-corrected chi connectivity index (χ4v) is 1.67.